The van der Waals surface area contributed by atoms with E-state index < -0.39 is 69.6 Å². The lowest BCUT2D eigenvalue weighted by Gasteiger charge is -2.66. The van der Waals surface area contributed by atoms with Crippen LogP contribution in [0.1, 0.15) is 66.1 Å². The molecule has 5 aliphatic rings. The minimum absolute atomic E-state index is 0.0598. The maximum absolute atomic E-state index is 14.4. The Morgan fingerprint density at radius 3 is 2.46 bits per heavy atom. The minimum atomic E-state index is -1.14. The van der Waals surface area contributed by atoms with Gasteiger partial charge in [0, 0.05) is 53.1 Å². The molecule has 3 aliphatic heterocycles. The number of hydrogen-bond donors (Lipinski definition) is 0. The number of ether oxygens (including phenoxy) is 4. The quantitative estimate of drug-likeness (QED) is 0.333. The molecule has 0 bridgehead atoms. The molecule has 0 amide bonds. The number of epoxide rings is 1. The Bertz CT molecular complexity index is 1250. The van der Waals surface area contributed by atoms with Gasteiger partial charge in [0.15, 0.2) is 6.10 Å². The Morgan fingerprint density at radius 2 is 1.81 bits per heavy atom. The van der Waals surface area contributed by atoms with E-state index in [2.05, 4.69) is 0 Å². The van der Waals surface area contributed by atoms with Crippen LogP contribution < -0.4 is 0 Å². The number of carbonyl (C=O) groups is 4. The highest BCUT2D eigenvalue weighted by molar-refractivity contribution is 5.91. The van der Waals surface area contributed by atoms with Crippen LogP contribution in [0.2, 0.25) is 0 Å². The number of hydrogen-bond acceptors (Lipinski definition) is 9. The molecule has 198 valence electrons. The van der Waals surface area contributed by atoms with Gasteiger partial charge in [0.2, 0.25) is 0 Å². The molecule has 1 aromatic heterocycles. The predicted octanol–water partition coefficient (Wildman–Crippen LogP) is 3.47. The van der Waals surface area contributed by atoms with E-state index in [-0.39, 0.29) is 18.1 Å². The van der Waals surface area contributed by atoms with Gasteiger partial charge in [-0.1, -0.05) is 26.8 Å². The molecule has 1 aromatic rings. The lowest BCUT2D eigenvalue weighted by Crippen LogP contribution is -2.74. The fourth-order valence-electron chi connectivity index (χ4n) is 8.98. The molecule has 9 heteroatoms. The first-order chi connectivity index (χ1) is 17.2. The lowest BCUT2D eigenvalue weighted by atomic mass is 9.37. The van der Waals surface area contributed by atoms with Crippen molar-refractivity contribution >= 4 is 23.7 Å². The zero-order chi connectivity index (χ0) is 26.8. The van der Waals surface area contributed by atoms with Gasteiger partial charge in [0.1, 0.15) is 29.2 Å². The van der Waals surface area contributed by atoms with Gasteiger partial charge in [-0.25, -0.2) is 9.59 Å². The van der Waals surface area contributed by atoms with E-state index in [4.69, 9.17) is 23.4 Å². The van der Waals surface area contributed by atoms with E-state index in [0.29, 0.717) is 12.0 Å². The first-order valence-corrected chi connectivity index (χ1v) is 12.7. The highest BCUT2D eigenvalue weighted by atomic mass is 16.7. The van der Waals surface area contributed by atoms with Gasteiger partial charge in [-0.3, -0.25) is 9.59 Å². The van der Waals surface area contributed by atoms with Crippen LogP contribution in [-0.4, -0.2) is 47.1 Å². The first kappa shape index (κ1) is 24.4. The summed E-state index contributed by atoms with van der Waals surface area (Å²) in [5.41, 5.74) is -4.33. The van der Waals surface area contributed by atoms with E-state index in [1.54, 1.807) is 12.1 Å². The molecule has 0 radical (unpaired) electrons. The highest BCUT2D eigenvalue weighted by Gasteiger charge is 2.90. The van der Waals surface area contributed by atoms with E-state index in [1.807, 2.05) is 34.6 Å². The summed E-state index contributed by atoms with van der Waals surface area (Å²) in [6, 6.07) is 1.72. The molecule has 0 aromatic carbocycles. The van der Waals surface area contributed by atoms with Crippen LogP contribution in [0.25, 0.3) is 0 Å². The van der Waals surface area contributed by atoms with Crippen molar-refractivity contribution in [3.63, 3.8) is 0 Å². The standard InChI is InChI=1S/C28H32O9/c1-14(29)34-18-11-17-24(2,3)36-19(31)7-9-25(17,4)20-16(30)12-26(5)21(15-8-10-33-13-15)35-23(32)22-28(26,37-22)27(18,20)6/h7-10,13,17-18,20-22H,11-12H2,1-6H3/t17-,18+,20+,21-,22?,25-,26-,27+,28+/m0/s1. The zero-order valence-corrected chi connectivity index (χ0v) is 21.9. The van der Waals surface area contributed by atoms with Gasteiger partial charge in [0.05, 0.1) is 12.5 Å². The van der Waals surface area contributed by atoms with Crippen molar-refractivity contribution in [3.05, 3.63) is 36.3 Å². The summed E-state index contributed by atoms with van der Waals surface area (Å²) in [5.74, 6) is -2.61. The van der Waals surface area contributed by atoms with Gasteiger partial charge in [0.25, 0.3) is 0 Å². The molecule has 2 aliphatic carbocycles. The third-order valence-electron chi connectivity index (χ3n) is 10.2. The molecule has 4 fully saturated rings. The molecule has 4 heterocycles. The summed E-state index contributed by atoms with van der Waals surface area (Å²) < 4.78 is 29.4. The molecule has 37 heavy (non-hydrogen) atoms. The molecule has 9 atom stereocenters. The maximum atomic E-state index is 14.4. The number of Topliss-reactive ketones (excluding diaryl/α,β-unsaturated/α-hetero) is 1. The van der Waals surface area contributed by atoms with Crippen LogP contribution >= 0.6 is 0 Å². The van der Waals surface area contributed by atoms with E-state index in [0.717, 1.165) is 0 Å². The van der Waals surface area contributed by atoms with Crippen molar-refractivity contribution in [1.82, 2.24) is 0 Å². The van der Waals surface area contributed by atoms with Crippen LogP contribution in [0.4, 0.5) is 0 Å². The normalized spacial score (nSPS) is 47.3. The summed E-state index contributed by atoms with van der Waals surface area (Å²) >= 11 is 0. The van der Waals surface area contributed by atoms with Crippen LogP contribution in [0.5, 0.6) is 0 Å². The predicted molar refractivity (Wildman–Crippen MR) is 126 cm³/mol. The van der Waals surface area contributed by atoms with Gasteiger partial charge in [-0.2, -0.15) is 0 Å². The molecular formula is C28H32O9. The number of carbonyl (C=O) groups excluding carboxylic acids is 4. The molecule has 0 N–H and O–H groups in total. The summed E-state index contributed by atoms with van der Waals surface area (Å²) in [4.78, 5) is 52.7. The zero-order valence-electron chi connectivity index (χ0n) is 21.9. The fourth-order valence-corrected chi connectivity index (χ4v) is 8.98. The van der Waals surface area contributed by atoms with E-state index in [1.165, 1.54) is 25.5 Å². The topological polar surface area (TPSA) is 122 Å². The number of furan rings is 1. The van der Waals surface area contributed by atoms with Gasteiger partial charge >= 0.3 is 17.9 Å². The Hall–Kier alpha value is -2.94. The van der Waals surface area contributed by atoms with E-state index >= 15 is 0 Å². The second kappa shape index (κ2) is 7.12. The van der Waals surface area contributed by atoms with E-state index in [9.17, 15) is 19.2 Å². The summed E-state index contributed by atoms with van der Waals surface area (Å²) in [6.45, 7) is 10.8. The summed E-state index contributed by atoms with van der Waals surface area (Å²) in [5, 5.41) is 0. The van der Waals surface area contributed by atoms with Crippen molar-refractivity contribution in [2.45, 2.75) is 83.9 Å². The smallest absolute Gasteiger partial charge is 0.339 e. The van der Waals surface area contributed by atoms with Crippen LogP contribution in [0, 0.1) is 28.1 Å². The summed E-state index contributed by atoms with van der Waals surface area (Å²) in [7, 11) is 0. The Labute approximate surface area is 214 Å². The van der Waals surface area contributed by atoms with Crippen molar-refractivity contribution in [2.75, 3.05) is 0 Å². The van der Waals surface area contributed by atoms with Gasteiger partial charge < -0.3 is 23.4 Å². The highest BCUT2D eigenvalue weighted by Crippen LogP contribution is 2.78. The van der Waals surface area contributed by atoms with Gasteiger partial charge in [-0.05, 0) is 26.3 Å². The maximum Gasteiger partial charge on any atom is 0.339 e. The Balaban J connectivity index is 1.60. The molecule has 2 saturated heterocycles. The third-order valence-corrected chi connectivity index (χ3v) is 10.2. The Kier molecular flexibility index (Phi) is 4.70. The lowest BCUT2D eigenvalue weighted by molar-refractivity contribution is -0.247. The second-order valence-corrected chi connectivity index (χ2v) is 12.5. The number of rotatable bonds is 2. The van der Waals surface area contributed by atoms with Crippen molar-refractivity contribution in [2.24, 2.45) is 28.1 Å². The van der Waals surface area contributed by atoms with Crippen molar-refractivity contribution in [3.8, 4) is 0 Å². The Morgan fingerprint density at radius 1 is 1.08 bits per heavy atom. The molecule has 6 rings (SSSR count). The largest absolute Gasteiger partial charge is 0.472 e. The molecule has 1 unspecified atom stereocenters. The number of esters is 3. The third kappa shape index (κ3) is 2.78. The van der Waals surface area contributed by atoms with Crippen molar-refractivity contribution in [1.29, 1.82) is 0 Å². The summed E-state index contributed by atoms with van der Waals surface area (Å²) in [6.07, 6.45) is 4.12. The van der Waals surface area contributed by atoms with Gasteiger partial charge in [-0.15, -0.1) is 0 Å². The van der Waals surface area contributed by atoms with Crippen molar-refractivity contribution < 1.29 is 42.5 Å². The number of cyclic esters (lactones) is 2. The fraction of sp³-hybridized carbons (Fsp3) is 0.643. The second-order valence-electron chi connectivity index (χ2n) is 12.5. The van der Waals surface area contributed by atoms with Crippen LogP contribution in [-0.2, 0) is 38.1 Å². The number of fused-ring (bicyclic) bond motifs is 3. The molecule has 2 saturated carbocycles. The molecule has 9 nitrogen and oxygen atoms in total. The van der Waals surface area contributed by atoms with Crippen LogP contribution in [0.15, 0.2) is 35.2 Å². The number of allylic oxidation sites excluding steroid dienone is 1. The average Bonchev–Trinajstić information content (AvgIpc) is 3.38. The minimum Gasteiger partial charge on any atom is -0.472 e. The number of ketones is 1. The molecular weight excluding hydrogens is 480 g/mol. The first-order valence-electron chi connectivity index (χ1n) is 12.7. The average molecular weight is 513 g/mol. The SMILES string of the molecule is CC(=O)O[C@@H]1C[C@H]2C(C)(C)OC(=O)C=C[C@]2(C)[C@H]2C(=O)C[C@@]3(C)[C@H](c4ccoc4)OC(=O)C4O[C@]43[C@@]21C. The molecule has 1 spiro atoms. The monoisotopic (exact) mass is 512 g/mol. The van der Waals surface area contributed by atoms with Crippen LogP contribution in [0.3, 0.4) is 0 Å².